The number of aryl methyl sites for hydroxylation is 1. The molecule has 0 fully saturated rings. The summed E-state index contributed by atoms with van der Waals surface area (Å²) in [6, 6.07) is 8.58. The summed E-state index contributed by atoms with van der Waals surface area (Å²) in [5.41, 5.74) is 8.04. The normalized spacial score (nSPS) is 10.3. The van der Waals surface area contributed by atoms with E-state index in [4.69, 9.17) is 5.73 Å². The van der Waals surface area contributed by atoms with E-state index >= 15 is 0 Å². The topological polar surface area (TPSA) is 26.0 Å². The SMILES string of the molecule is CCCC(C#Cc1cccc(CCCN)c1)CCC. The van der Waals surface area contributed by atoms with Crippen molar-refractivity contribution in [2.75, 3.05) is 6.54 Å². The quantitative estimate of drug-likeness (QED) is 0.730. The second-order valence-electron chi connectivity index (χ2n) is 5.14. The van der Waals surface area contributed by atoms with Crippen molar-refractivity contribution >= 4 is 0 Å². The third-order valence-electron chi connectivity index (χ3n) is 3.29. The van der Waals surface area contributed by atoms with Gasteiger partial charge in [-0.2, -0.15) is 0 Å². The number of benzene rings is 1. The molecule has 0 saturated heterocycles. The van der Waals surface area contributed by atoms with E-state index in [1.165, 1.54) is 31.2 Å². The molecule has 0 aliphatic rings. The summed E-state index contributed by atoms with van der Waals surface area (Å²) < 4.78 is 0. The van der Waals surface area contributed by atoms with Crippen LogP contribution in [0.1, 0.15) is 57.1 Å². The molecule has 0 amide bonds. The van der Waals surface area contributed by atoms with E-state index < -0.39 is 0 Å². The highest BCUT2D eigenvalue weighted by Crippen LogP contribution is 2.13. The van der Waals surface area contributed by atoms with Crippen LogP contribution in [-0.2, 0) is 6.42 Å². The van der Waals surface area contributed by atoms with Crippen molar-refractivity contribution in [1.29, 1.82) is 0 Å². The Morgan fingerprint density at radius 2 is 1.89 bits per heavy atom. The third kappa shape index (κ3) is 6.45. The summed E-state index contributed by atoms with van der Waals surface area (Å²) in [6.07, 6.45) is 6.97. The van der Waals surface area contributed by atoms with Crippen molar-refractivity contribution in [2.45, 2.75) is 52.4 Å². The molecule has 0 spiro atoms. The molecule has 0 saturated carbocycles. The third-order valence-corrected chi connectivity index (χ3v) is 3.29. The first-order chi connectivity index (χ1) is 9.30. The van der Waals surface area contributed by atoms with Gasteiger partial charge in [0.05, 0.1) is 0 Å². The fourth-order valence-corrected chi connectivity index (χ4v) is 2.28. The van der Waals surface area contributed by atoms with Crippen LogP contribution in [0.3, 0.4) is 0 Å². The van der Waals surface area contributed by atoms with E-state index in [1.54, 1.807) is 0 Å². The van der Waals surface area contributed by atoms with E-state index in [0.29, 0.717) is 5.92 Å². The molecule has 1 nitrogen and oxygen atoms in total. The van der Waals surface area contributed by atoms with Crippen molar-refractivity contribution in [3.63, 3.8) is 0 Å². The van der Waals surface area contributed by atoms with Gasteiger partial charge < -0.3 is 5.73 Å². The maximum absolute atomic E-state index is 5.55. The zero-order valence-corrected chi connectivity index (χ0v) is 12.4. The molecule has 2 N–H and O–H groups in total. The van der Waals surface area contributed by atoms with E-state index in [-0.39, 0.29) is 0 Å². The summed E-state index contributed by atoms with van der Waals surface area (Å²) in [5, 5.41) is 0. The van der Waals surface area contributed by atoms with Gasteiger partial charge in [-0.3, -0.25) is 0 Å². The van der Waals surface area contributed by atoms with Gasteiger partial charge in [-0.25, -0.2) is 0 Å². The Kier molecular flexibility index (Phi) is 8.02. The minimum absolute atomic E-state index is 0.558. The smallest absolute Gasteiger partial charge is 0.0248 e. The van der Waals surface area contributed by atoms with Crippen molar-refractivity contribution in [3.8, 4) is 11.8 Å². The van der Waals surface area contributed by atoms with E-state index in [1.807, 2.05) is 0 Å². The van der Waals surface area contributed by atoms with Crippen LogP contribution in [0.2, 0.25) is 0 Å². The van der Waals surface area contributed by atoms with Gasteiger partial charge in [0.1, 0.15) is 0 Å². The summed E-state index contributed by atoms with van der Waals surface area (Å²) in [7, 11) is 0. The van der Waals surface area contributed by atoms with E-state index in [0.717, 1.165) is 24.9 Å². The van der Waals surface area contributed by atoms with Gasteiger partial charge in [0, 0.05) is 11.5 Å². The average molecular weight is 257 g/mol. The molecule has 0 aliphatic heterocycles. The number of hydrogen-bond acceptors (Lipinski definition) is 1. The highest BCUT2D eigenvalue weighted by atomic mass is 14.5. The van der Waals surface area contributed by atoms with Crippen molar-refractivity contribution < 1.29 is 0 Å². The maximum Gasteiger partial charge on any atom is 0.0248 e. The number of nitrogens with two attached hydrogens (primary N) is 1. The highest BCUT2D eigenvalue weighted by molar-refractivity contribution is 5.37. The molecule has 0 heterocycles. The van der Waals surface area contributed by atoms with Crippen molar-refractivity contribution in [1.82, 2.24) is 0 Å². The largest absolute Gasteiger partial charge is 0.330 e. The van der Waals surface area contributed by atoms with Gasteiger partial charge in [0.2, 0.25) is 0 Å². The molecular formula is C18H27N. The fourth-order valence-electron chi connectivity index (χ4n) is 2.28. The van der Waals surface area contributed by atoms with Crippen LogP contribution in [0.25, 0.3) is 0 Å². The molecule has 0 aliphatic carbocycles. The molecule has 1 aromatic carbocycles. The summed E-state index contributed by atoms with van der Waals surface area (Å²) in [6.45, 7) is 5.22. The zero-order valence-electron chi connectivity index (χ0n) is 12.4. The molecule has 1 aromatic rings. The molecule has 0 unspecified atom stereocenters. The lowest BCUT2D eigenvalue weighted by molar-refractivity contribution is 0.546. The average Bonchev–Trinajstić information content (AvgIpc) is 2.43. The van der Waals surface area contributed by atoms with Crippen LogP contribution in [-0.4, -0.2) is 6.54 Å². The molecular weight excluding hydrogens is 230 g/mol. The lowest BCUT2D eigenvalue weighted by Gasteiger charge is -2.06. The summed E-state index contributed by atoms with van der Waals surface area (Å²) in [5.74, 6) is 7.35. The highest BCUT2D eigenvalue weighted by Gasteiger charge is 2.01. The Morgan fingerprint density at radius 1 is 1.16 bits per heavy atom. The minimum atomic E-state index is 0.558. The van der Waals surface area contributed by atoms with Crippen molar-refractivity contribution in [2.24, 2.45) is 11.7 Å². The van der Waals surface area contributed by atoms with Crippen LogP contribution in [0, 0.1) is 17.8 Å². The first-order valence-corrected chi connectivity index (χ1v) is 7.60. The predicted molar refractivity (Wildman–Crippen MR) is 84.0 cm³/mol. The van der Waals surface area contributed by atoms with Crippen LogP contribution in [0.15, 0.2) is 24.3 Å². The maximum atomic E-state index is 5.55. The van der Waals surface area contributed by atoms with Gasteiger partial charge in [0.15, 0.2) is 0 Å². The van der Waals surface area contributed by atoms with Gasteiger partial charge in [0.25, 0.3) is 0 Å². The fraction of sp³-hybridized carbons (Fsp3) is 0.556. The minimum Gasteiger partial charge on any atom is -0.330 e. The van der Waals surface area contributed by atoms with Crippen LogP contribution in [0.5, 0.6) is 0 Å². The van der Waals surface area contributed by atoms with Crippen LogP contribution < -0.4 is 5.73 Å². The lowest BCUT2D eigenvalue weighted by atomic mass is 9.98. The number of hydrogen-bond donors (Lipinski definition) is 1. The first-order valence-electron chi connectivity index (χ1n) is 7.60. The summed E-state index contributed by atoms with van der Waals surface area (Å²) >= 11 is 0. The summed E-state index contributed by atoms with van der Waals surface area (Å²) in [4.78, 5) is 0. The second kappa shape index (κ2) is 9.64. The van der Waals surface area contributed by atoms with Crippen molar-refractivity contribution in [3.05, 3.63) is 35.4 Å². The molecule has 0 aromatic heterocycles. The van der Waals surface area contributed by atoms with E-state index in [9.17, 15) is 0 Å². The first kappa shape index (κ1) is 15.8. The Labute approximate surface area is 118 Å². The lowest BCUT2D eigenvalue weighted by Crippen LogP contribution is -2.00. The Balaban J connectivity index is 2.69. The molecule has 0 bridgehead atoms. The predicted octanol–water partition coefficient (Wildman–Crippen LogP) is 4.15. The van der Waals surface area contributed by atoms with E-state index in [2.05, 4.69) is 50.0 Å². The second-order valence-corrected chi connectivity index (χ2v) is 5.14. The zero-order chi connectivity index (χ0) is 13.9. The monoisotopic (exact) mass is 257 g/mol. The van der Waals surface area contributed by atoms with Gasteiger partial charge in [-0.15, -0.1) is 0 Å². The molecule has 1 rings (SSSR count). The van der Waals surface area contributed by atoms with Gasteiger partial charge in [-0.05, 0) is 49.9 Å². The molecule has 0 atom stereocenters. The Bertz CT molecular complexity index is 405. The number of rotatable bonds is 7. The van der Waals surface area contributed by atoms with Gasteiger partial charge >= 0.3 is 0 Å². The van der Waals surface area contributed by atoms with Crippen LogP contribution in [0.4, 0.5) is 0 Å². The Morgan fingerprint density at radius 3 is 2.53 bits per heavy atom. The molecule has 0 radical (unpaired) electrons. The standard InChI is InChI=1S/C18H27N/c1-3-7-16(8-4-2)12-13-18-10-5-9-17(15-18)11-6-14-19/h5,9-10,15-16H,3-4,6-8,11,14,19H2,1-2H3. The molecule has 19 heavy (non-hydrogen) atoms. The molecule has 104 valence electrons. The van der Waals surface area contributed by atoms with Gasteiger partial charge in [-0.1, -0.05) is 50.7 Å². The Hall–Kier alpha value is -1.26. The molecule has 1 heteroatoms. The van der Waals surface area contributed by atoms with Crippen LogP contribution >= 0.6 is 0 Å².